The van der Waals surface area contributed by atoms with Crippen LogP contribution in [0.5, 0.6) is 6.01 Å². The van der Waals surface area contributed by atoms with Crippen LogP contribution in [0, 0.1) is 0 Å². The maximum Gasteiger partial charge on any atom is 0.316 e. The average Bonchev–Trinajstić information content (AvgIpc) is 2.84. The van der Waals surface area contributed by atoms with Gasteiger partial charge in [-0.05, 0) is 96.6 Å². The van der Waals surface area contributed by atoms with Gasteiger partial charge in [0.05, 0.1) is 41.7 Å². The number of hydrogen-bond donors (Lipinski definition) is 1. The predicted octanol–water partition coefficient (Wildman–Crippen LogP) is 7.14. The van der Waals surface area contributed by atoms with Crippen molar-refractivity contribution in [2.45, 2.75) is 97.5 Å². The first-order valence-electron chi connectivity index (χ1n) is 14.0. The van der Waals surface area contributed by atoms with Gasteiger partial charge in [0.2, 0.25) is 0 Å². The van der Waals surface area contributed by atoms with E-state index in [2.05, 4.69) is 85.7 Å². The molecule has 2 heterocycles. The summed E-state index contributed by atoms with van der Waals surface area (Å²) >= 11 is 0. The third-order valence-corrected chi connectivity index (χ3v) is 7.93. The van der Waals surface area contributed by atoms with Gasteiger partial charge in [0.15, 0.2) is 8.32 Å². The van der Waals surface area contributed by atoms with Crippen LogP contribution in [-0.4, -0.2) is 56.3 Å². The molecule has 37 heavy (non-hydrogen) atoms. The van der Waals surface area contributed by atoms with Gasteiger partial charge in [-0.15, -0.1) is 0 Å². The summed E-state index contributed by atoms with van der Waals surface area (Å²) in [4.78, 5) is 11.3. The highest BCUT2D eigenvalue weighted by Crippen LogP contribution is 2.38. The number of rotatable bonds is 13. The highest BCUT2D eigenvalue weighted by molar-refractivity contribution is 6.69. The van der Waals surface area contributed by atoms with Gasteiger partial charge >= 0.3 is 6.01 Å². The molecule has 1 aromatic carbocycles. The Bertz CT molecular complexity index is 972. The van der Waals surface area contributed by atoms with E-state index in [-0.39, 0.29) is 5.60 Å². The summed E-state index contributed by atoms with van der Waals surface area (Å²) in [6, 6.07) is 7.80. The molecule has 1 aliphatic heterocycles. The van der Waals surface area contributed by atoms with E-state index >= 15 is 0 Å². The second-order valence-electron chi connectivity index (χ2n) is 11.5. The number of ether oxygens (including phenoxy) is 2. The van der Waals surface area contributed by atoms with E-state index in [1.54, 1.807) is 12.4 Å². The summed E-state index contributed by atoms with van der Waals surface area (Å²) in [6.07, 6.45) is 7.71. The van der Waals surface area contributed by atoms with Gasteiger partial charge in [0, 0.05) is 25.8 Å². The Morgan fingerprint density at radius 2 is 1.78 bits per heavy atom. The number of benzene rings is 1. The molecule has 0 amide bonds. The maximum absolute atomic E-state index is 6.57. The van der Waals surface area contributed by atoms with Crippen molar-refractivity contribution < 1.29 is 13.9 Å². The van der Waals surface area contributed by atoms with Crippen molar-refractivity contribution in [1.29, 1.82) is 0 Å². The molecule has 1 aliphatic rings. The van der Waals surface area contributed by atoms with Gasteiger partial charge in [-0.2, -0.15) is 0 Å². The Kier molecular flexibility index (Phi) is 10.4. The fourth-order valence-corrected chi connectivity index (χ4v) is 7.22. The quantitative estimate of drug-likeness (QED) is 0.277. The normalized spacial score (nSPS) is 15.9. The van der Waals surface area contributed by atoms with Crippen molar-refractivity contribution >= 4 is 25.4 Å². The van der Waals surface area contributed by atoms with Crippen molar-refractivity contribution in [3.63, 3.8) is 0 Å². The van der Waals surface area contributed by atoms with Crippen LogP contribution in [0.4, 0.5) is 17.1 Å². The second kappa shape index (κ2) is 13.1. The lowest BCUT2D eigenvalue weighted by Crippen LogP contribution is -2.40. The van der Waals surface area contributed by atoms with E-state index in [9.17, 15) is 0 Å². The van der Waals surface area contributed by atoms with Crippen LogP contribution in [0.25, 0.3) is 0 Å². The molecule has 0 spiro atoms. The first kappa shape index (κ1) is 29.4. The van der Waals surface area contributed by atoms with E-state index in [0.29, 0.717) is 24.6 Å². The fraction of sp³-hybridized carbons (Fsp3) is 0.655. The summed E-state index contributed by atoms with van der Waals surface area (Å²) < 4.78 is 17.7. The van der Waals surface area contributed by atoms with Gasteiger partial charge in [0.25, 0.3) is 0 Å². The first-order valence-corrected chi connectivity index (χ1v) is 17.4. The molecular weight excluding hydrogens is 480 g/mol. The van der Waals surface area contributed by atoms with E-state index < -0.39 is 8.32 Å². The third kappa shape index (κ3) is 8.69. The maximum atomic E-state index is 6.57. The Morgan fingerprint density at radius 1 is 1.11 bits per heavy atom. The van der Waals surface area contributed by atoms with Crippen LogP contribution >= 0.6 is 0 Å². The van der Waals surface area contributed by atoms with Crippen LogP contribution in [0.1, 0.15) is 71.8 Å². The highest BCUT2D eigenvalue weighted by atomic mass is 28.4. The molecule has 0 aliphatic carbocycles. The zero-order valence-electron chi connectivity index (χ0n) is 24.3. The van der Waals surface area contributed by atoms with E-state index in [1.165, 1.54) is 11.3 Å². The van der Waals surface area contributed by atoms with E-state index in [4.69, 9.17) is 13.9 Å². The van der Waals surface area contributed by atoms with Gasteiger partial charge < -0.3 is 24.1 Å². The minimum atomic E-state index is -1.65. The SMILES string of the molecule is CCOc1ncc(Nc2cc(C(CC)CC(C)(C)O[Si](C)(C)C)ccc2N(CC)C2CCOCC2)cn1. The van der Waals surface area contributed by atoms with E-state index in [0.717, 1.165) is 56.8 Å². The Hall–Kier alpha value is -2.16. The Balaban J connectivity index is 1.95. The lowest BCUT2D eigenvalue weighted by Gasteiger charge is -2.37. The minimum Gasteiger partial charge on any atom is -0.464 e. The van der Waals surface area contributed by atoms with Crippen LogP contribution in [-0.2, 0) is 9.16 Å². The third-order valence-electron chi connectivity index (χ3n) is 6.77. The Labute approximate surface area is 225 Å². The van der Waals surface area contributed by atoms with Crippen molar-refractivity contribution in [3.8, 4) is 6.01 Å². The molecule has 0 radical (unpaired) electrons. The highest BCUT2D eigenvalue weighted by Gasteiger charge is 2.31. The summed E-state index contributed by atoms with van der Waals surface area (Å²) in [7, 11) is -1.65. The molecule has 2 aromatic rings. The van der Waals surface area contributed by atoms with Crippen molar-refractivity contribution in [2.75, 3.05) is 36.6 Å². The van der Waals surface area contributed by atoms with Gasteiger partial charge in [-0.3, -0.25) is 0 Å². The molecule has 1 N–H and O–H groups in total. The zero-order valence-corrected chi connectivity index (χ0v) is 25.3. The van der Waals surface area contributed by atoms with Gasteiger partial charge in [0.1, 0.15) is 0 Å². The number of anilines is 3. The summed E-state index contributed by atoms with van der Waals surface area (Å²) in [6.45, 7) is 20.8. The van der Waals surface area contributed by atoms with E-state index in [1.807, 2.05) is 6.92 Å². The Morgan fingerprint density at radius 3 is 2.35 bits per heavy atom. The molecular formula is C29H48N4O3Si. The predicted molar refractivity (Wildman–Crippen MR) is 156 cm³/mol. The molecule has 0 bridgehead atoms. The monoisotopic (exact) mass is 528 g/mol. The van der Waals surface area contributed by atoms with Gasteiger partial charge in [-0.25, -0.2) is 9.97 Å². The molecule has 206 valence electrons. The number of nitrogens with one attached hydrogen (secondary N) is 1. The number of hydrogen-bond acceptors (Lipinski definition) is 7. The molecule has 1 unspecified atom stereocenters. The zero-order chi connectivity index (χ0) is 27.1. The number of nitrogens with zero attached hydrogens (tertiary/aromatic N) is 3. The second-order valence-corrected chi connectivity index (χ2v) is 15.9. The molecule has 1 fully saturated rings. The summed E-state index contributed by atoms with van der Waals surface area (Å²) in [5.41, 5.74) is 4.30. The summed E-state index contributed by atoms with van der Waals surface area (Å²) in [5, 5.41) is 3.64. The average molecular weight is 529 g/mol. The topological polar surface area (TPSA) is 68.7 Å². The molecule has 1 aromatic heterocycles. The molecule has 0 saturated carbocycles. The molecule has 1 atom stereocenters. The molecule has 7 nitrogen and oxygen atoms in total. The van der Waals surface area contributed by atoms with Crippen LogP contribution in [0.3, 0.4) is 0 Å². The van der Waals surface area contributed by atoms with Crippen molar-refractivity contribution in [3.05, 3.63) is 36.2 Å². The lowest BCUT2D eigenvalue weighted by molar-refractivity contribution is 0.0821. The summed E-state index contributed by atoms with van der Waals surface area (Å²) in [5.74, 6) is 0.399. The standard InChI is InChI=1S/C29H48N4O3Si/c1-9-22(19-29(4,5)36-37(6,7)8)23-12-13-27(33(10-2)25-14-16-34-17-15-25)26(18-23)32-24-20-30-28(31-21-24)35-11-3/h12-13,18,20-22,25,32H,9-11,14-17,19H2,1-8H3. The van der Waals surface area contributed by atoms with Crippen molar-refractivity contribution in [2.24, 2.45) is 0 Å². The van der Waals surface area contributed by atoms with Gasteiger partial charge in [-0.1, -0.05) is 13.0 Å². The fourth-order valence-electron chi connectivity index (χ4n) is 5.48. The van der Waals surface area contributed by atoms with Crippen LogP contribution in [0.2, 0.25) is 19.6 Å². The minimum absolute atomic E-state index is 0.169. The molecule has 1 saturated heterocycles. The van der Waals surface area contributed by atoms with Crippen LogP contribution < -0.4 is 15.0 Å². The molecule has 3 rings (SSSR count). The van der Waals surface area contributed by atoms with Crippen LogP contribution in [0.15, 0.2) is 30.6 Å². The first-order chi connectivity index (χ1) is 17.5. The number of aromatic nitrogens is 2. The largest absolute Gasteiger partial charge is 0.464 e. The lowest BCUT2D eigenvalue weighted by atomic mass is 9.85. The van der Waals surface area contributed by atoms with Crippen molar-refractivity contribution in [1.82, 2.24) is 9.97 Å². The smallest absolute Gasteiger partial charge is 0.316 e. The molecule has 8 heteroatoms.